The van der Waals surface area contributed by atoms with Crippen LogP contribution in [0.2, 0.25) is 0 Å². The minimum atomic E-state index is -0.168. The molecule has 4 heteroatoms. The maximum atomic E-state index is 13.2. The lowest BCUT2D eigenvalue weighted by Crippen LogP contribution is -2.49. The smallest absolute Gasteiger partial charge is 0.242 e. The molecule has 4 rings (SSSR count). The molecule has 140 valence electrons. The van der Waals surface area contributed by atoms with E-state index < -0.39 is 0 Å². The summed E-state index contributed by atoms with van der Waals surface area (Å²) >= 11 is 0. The van der Waals surface area contributed by atoms with Gasteiger partial charge in [-0.1, -0.05) is 56.3 Å². The van der Waals surface area contributed by atoms with Crippen molar-refractivity contribution in [2.75, 3.05) is 14.1 Å². The summed E-state index contributed by atoms with van der Waals surface area (Å²) in [4.78, 5) is 26.3. The van der Waals surface area contributed by atoms with Gasteiger partial charge in [0.05, 0.1) is 0 Å². The van der Waals surface area contributed by atoms with Gasteiger partial charge in [0.15, 0.2) is 5.78 Å². The molecule has 0 radical (unpaired) electrons. The van der Waals surface area contributed by atoms with Crippen LogP contribution in [-0.2, 0) is 9.59 Å². The van der Waals surface area contributed by atoms with Crippen molar-refractivity contribution in [1.82, 2.24) is 10.0 Å². The number of benzene rings is 2. The van der Waals surface area contributed by atoms with Crippen molar-refractivity contribution < 1.29 is 9.59 Å². The summed E-state index contributed by atoms with van der Waals surface area (Å²) in [6, 6.07) is 14.4. The van der Waals surface area contributed by atoms with E-state index in [1.807, 2.05) is 37.3 Å². The molecule has 2 aromatic carbocycles. The summed E-state index contributed by atoms with van der Waals surface area (Å²) in [6.07, 6.45) is 1.60. The number of Topliss-reactive ketones (excluding diaryl/α,β-unsaturated/α-hetero) is 1. The summed E-state index contributed by atoms with van der Waals surface area (Å²) in [7, 11) is 3.74. The molecule has 0 aromatic heterocycles. The zero-order valence-electron chi connectivity index (χ0n) is 16.5. The van der Waals surface area contributed by atoms with Crippen LogP contribution in [0.25, 0.3) is 10.8 Å². The van der Waals surface area contributed by atoms with Gasteiger partial charge in [0.25, 0.3) is 0 Å². The van der Waals surface area contributed by atoms with E-state index in [2.05, 4.69) is 38.1 Å². The lowest BCUT2D eigenvalue weighted by Gasteiger charge is -2.44. The van der Waals surface area contributed by atoms with E-state index in [9.17, 15) is 9.59 Å². The van der Waals surface area contributed by atoms with Crippen LogP contribution in [0.3, 0.4) is 0 Å². The summed E-state index contributed by atoms with van der Waals surface area (Å²) < 4.78 is 0. The zero-order chi connectivity index (χ0) is 19.3. The average molecular weight is 362 g/mol. The van der Waals surface area contributed by atoms with Crippen molar-refractivity contribution >= 4 is 22.5 Å². The molecule has 4 nitrogen and oxygen atoms in total. The Morgan fingerprint density at radius 1 is 1.00 bits per heavy atom. The third-order valence-corrected chi connectivity index (χ3v) is 5.71. The Morgan fingerprint density at radius 3 is 2.44 bits per heavy atom. The van der Waals surface area contributed by atoms with E-state index in [0.717, 1.165) is 34.0 Å². The molecule has 0 spiro atoms. The van der Waals surface area contributed by atoms with E-state index >= 15 is 0 Å². The van der Waals surface area contributed by atoms with Gasteiger partial charge in [0.2, 0.25) is 5.91 Å². The third-order valence-electron chi connectivity index (χ3n) is 5.71. The van der Waals surface area contributed by atoms with E-state index in [4.69, 9.17) is 0 Å². The SMILES string of the molecule is CN(C)N1C(=O)CC(c2cccc3ccccc23)C2=C1CC(C)(C)CC2=O. The first kappa shape index (κ1) is 17.9. The van der Waals surface area contributed by atoms with Gasteiger partial charge in [-0.2, -0.15) is 0 Å². The second kappa shape index (κ2) is 6.31. The van der Waals surface area contributed by atoms with Crippen molar-refractivity contribution in [2.45, 2.75) is 39.0 Å². The normalized spacial score (nSPS) is 22.6. The highest BCUT2D eigenvalue weighted by Crippen LogP contribution is 2.48. The number of rotatable bonds is 2. The van der Waals surface area contributed by atoms with Gasteiger partial charge in [0, 0.05) is 44.1 Å². The third kappa shape index (κ3) is 2.98. The second-order valence-electron chi connectivity index (χ2n) is 8.68. The molecule has 0 saturated carbocycles. The monoisotopic (exact) mass is 362 g/mol. The molecule has 1 atom stereocenters. The van der Waals surface area contributed by atoms with Crippen molar-refractivity contribution in [3.05, 3.63) is 59.3 Å². The number of amides is 1. The fourth-order valence-corrected chi connectivity index (χ4v) is 4.68. The van der Waals surface area contributed by atoms with Gasteiger partial charge in [-0.15, -0.1) is 0 Å². The number of fused-ring (bicyclic) bond motifs is 1. The van der Waals surface area contributed by atoms with Crippen LogP contribution in [0.15, 0.2) is 53.7 Å². The topological polar surface area (TPSA) is 40.6 Å². The first-order valence-corrected chi connectivity index (χ1v) is 9.52. The highest BCUT2D eigenvalue weighted by Gasteiger charge is 2.44. The average Bonchev–Trinajstić information content (AvgIpc) is 2.58. The molecule has 2 aromatic rings. The Labute approximate surface area is 160 Å². The van der Waals surface area contributed by atoms with Crippen molar-refractivity contribution in [3.8, 4) is 0 Å². The van der Waals surface area contributed by atoms with E-state index in [-0.39, 0.29) is 23.0 Å². The van der Waals surface area contributed by atoms with Crippen molar-refractivity contribution in [2.24, 2.45) is 5.41 Å². The van der Waals surface area contributed by atoms with Crippen molar-refractivity contribution in [3.63, 3.8) is 0 Å². The molecule has 1 aliphatic heterocycles. The Kier molecular flexibility index (Phi) is 4.19. The van der Waals surface area contributed by atoms with Gasteiger partial charge < -0.3 is 0 Å². The van der Waals surface area contributed by atoms with Gasteiger partial charge in [0.1, 0.15) is 0 Å². The molecule has 1 amide bonds. The number of carbonyl (C=O) groups excluding carboxylic acids is 2. The fourth-order valence-electron chi connectivity index (χ4n) is 4.68. The maximum absolute atomic E-state index is 13.2. The van der Waals surface area contributed by atoms with Gasteiger partial charge in [-0.3, -0.25) is 9.59 Å². The molecule has 1 heterocycles. The number of ketones is 1. The van der Waals surface area contributed by atoms with Crippen LogP contribution in [0.1, 0.15) is 44.6 Å². The highest BCUT2D eigenvalue weighted by molar-refractivity contribution is 6.03. The predicted octanol–water partition coefficient (Wildman–Crippen LogP) is 4.28. The lowest BCUT2D eigenvalue weighted by molar-refractivity contribution is -0.143. The minimum absolute atomic E-state index is 0.0576. The molecule has 1 unspecified atom stereocenters. The first-order chi connectivity index (χ1) is 12.8. The van der Waals surface area contributed by atoms with E-state index in [0.29, 0.717) is 12.8 Å². The number of carbonyl (C=O) groups is 2. The second-order valence-corrected chi connectivity index (χ2v) is 8.68. The Morgan fingerprint density at radius 2 is 1.70 bits per heavy atom. The first-order valence-electron chi connectivity index (χ1n) is 9.52. The molecule has 1 aliphatic carbocycles. The van der Waals surface area contributed by atoms with Crippen LogP contribution in [0.4, 0.5) is 0 Å². The maximum Gasteiger partial charge on any atom is 0.242 e. The predicted molar refractivity (Wildman–Crippen MR) is 107 cm³/mol. The number of hydrazine groups is 1. The molecule has 2 aliphatic rings. The van der Waals surface area contributed by atoms with Gasteiger partial charge in [-0.05, 0) is 28.2 Å². The van der Waals surface area contributed by atoms with E-state index in [1.165, 1.54) is 0 Å². The molecular weight excluding hydrogens is 336 g/mol. The molecule has 27 heavy (non-hydrogen) atoms. The quantitative estimate of drug-likeness (QED) is 0.801. The van der Waals surface area contributed by atoms with Crippen LogP contribution < -0.4 is 0 Å². The number of hydrogen-bond acceptors (Lipinski definition) is 3. The number of allylic oxidation sites excluding steroid dienone is 2. The van der Waals surface area contributed by atoms with E-state index in [1.54, 1.807) is 5.01 Å². The Bertz CT molecular complexity index is 966. The molecule has 0 saturated heterocycles. The molecular formula is C23H26N2O2. The molecule has 0 fully saturated rings. The minimum Gasteiger partial charge on any atom is -0.294 e. The fraction of sp³-hybridized carbons (Fsp3) is 0.391. The van der Waals surface area contributed by atoms with Crippen LogP contribution in [-0.4, -0.2) is 35.8 Å². The number of nitrogens with zero attached hydrogens (tertiary/aromatic N) is 2. The largest absolute Gasteiger partial charge is 0.294 e. The molecule has 0 bridgehead atoms. The molecule has 0 N–H and O–H groups in total. The highest BCUT2D eigenvalue weighted by atomic mass is 16.2. The van der Waals surface area contributed by atoms with Gasteiger partial charge >= 0.3 is 0 Å². The summed E-state index contributed by atoms with van der Waals surface area (Å²) in [5.74, 6) is 0.0686. The number of hydrogen-bond donors (Lipinski definition) is 0. The summed E-state index contributed by atoms with van der Waals surface area (Å²) in [5, 5.41) is 5.80. The van der Waals surface area contributed by atoms with Crippen LogP contribution >= 0.6 is 0 Å². The van der Waals surface area contributed by atoms with Crippen LogP contribution in [0, 0.1) is 5.41 Å². The summed E-state index contributed by atoms with van der Waals surface area (Å²) in [5.41, 5.74) is 2.67. The lowest BCUT2D eigenvalue weighted by atomic mass is 9.69. The zero-order valence-corrected chi connectivity index (χ0v) is 16.5. The van der Waals surface area contributed by atoms with Gasteiger partial charge in [-0.25, -0.2) is 10.0 Å². The Balaban J connectivity index is 1.95. The van der Waals surface area contributed by atoms with Crippen LogP contribution in [0.5, 0.6) is 0 Å². The standard InChI is InChI=1S/C23H26N2O2/c1-23(2)13-19-22(20(26)14-23)18(12-21(27)25(19)24(3)4)17-11-7-9-15-8-5-6-10-16(15)17/h5-11,18H,12-14H2,1-4H3. The van der Waals surface area contributed by atoms with Crippen molar-refractivity contribution in [1.29, 1.82) is 0 Å². The summed E-state index contributed by atoms with van der Waals surface area (Å²) in [6.45, 7) is 4.21. The Hall–Kier alpha value is -2.46.